The second kappa shape index (κ2) is 12.9. The Morgan fingerprint density at radius 1 is 0.397 bits per heavy atom. The smallest absolute Gasteiger partial charge is 0.213 e. The number of nitrogens with zero attached hydrogens (tertiary/aromatic N) is 2. The van der Waals surface area contributed by atoms with E-state index in [1.54, 1.807) is 0 Å². The van der Waals surface area contributed by atoms with Gasteiger partial charge in [0.05, 0.1) is 16.6 Å². The van der Waals surface area contributed by atoms with Crippen molar-refractivity contribution in [3.63, 3.8) is 0 Å². The summed E-state index contributed by atoms with van der Waals surface area (Å²) in [6, 6.07) is 73.0. The Hall–Kier alpha value is -7.82. The van der Waals surface area contributed by atoms with Crippen molar-refractivity contribution in [1.82, 2.24) is 4.57 Å². The molecule has 12 rings (SSSR count). The first-order chi connectivity index (χ1) is 28.8. The number of fused-ring (bicyclic) bond motifs is 9. The molecular weight excluding hydrogens is 709 g/mol. The number of para-hydroxylation sites is 5. The van der Waals surface area contributed by atoms with E-state index >= 15 is 0 Å². The first kappa shape index (κ1) is 32.4. The highest BCUT2D eigenvalue weighted by Crippen LogP contribution is 2.45. The van der Waals surface area contributed by atoms with Crippen molar-refractivity contribution in [3.05, 3.63) is 206 Å². The SMILES string of the molecule is c1ccc(-n2c3ccccc3c3c4cccc(-c5ccc(N(c6ccc(-c7ccc8ccccc8c7)cc6)c6cccc7c6oc6ccccc67)cc5)c4oc32)cc1. The van der Waals surface area contributed by atoms with Crippen LogP contribution in [0, 0.1) is 0 Å². The second-order valence-corrected chi connectivity index (χ2v) is 14.9. The Balaban J connectivity index is 0.995. The van der Waals surface area contributed by atoms with Crippen molar-refractivity contribution in [2.75, 3.05) is 4.90 Å². The molecule has 0 radical (unpaired) electrons. The Morgan fingerprint density at radius 2 is 1.03 bits per heavy atom. The van der Waals surface area contributed by atoms with Gasteiger partial charge >= 0.3 is 0 Å². The fraction of sp³-hybridized carbons (Fsp3) is 0. The summed E-state index contributed by atoms with van der Waals surface area (Å²) in [6.07, 6.45) is 0. The first-order valence-electron chi connectivity index (χ1n) is 19.7. The molecule has 272 valence electrons. The fourth-order valence-corrected chi connectivity index (χ4v) is 8.87. The van der Waals surface area contributed by atoms with Crippen molar-refractivity contribution in [2.45, 2.75) is 0 Å². The molecule has 0 atom stereocenters. The Morgan fingerprint density at radius 3 is 1.86 bits per heavy atom. The van der Waals surface area contributed by atoms with Crippen molar-refractivity contribution < 1.29 is 8.83 Å². The van der Waals surface area contributed by atoms with Gasteiger partial charge in [0.15, 0.2) is 5.58 Å². The third-order valence-electron chi connectivity index (χ3n) is 11.6. The van der Waals surface area contributed by atoms with Crippen LogP contribution in [0.3, 0.4) is 0 Å². The van der Waals surface area contributed by atoms with Crippen LogP contribution in [0.1, 0.15) is 0 Å². The summed E-state index contributed by atoms with van der Waals surface area (Å²) in [4.78, 5) is 2.30. The number of hydrogen-bond donors (Lipinski definition) is 0. The maximum absolute atomic E-state index is 6.91. The third kappa shape index (κ3) is 5.02. The van der Waals surface area contributed by atoms with Gasteiger partial charge in [-0.1, -0.05) is 146 Å². The van der Waals surface area contributed by atoms with Crippen LogP contribution in [-0.4, -0.2) is 4.57 Å². The molecule has 0 aliphatic rings. The van der Waals surface area contributed by atoms with E-state index < -0.39 is 0 Å². The van der Waals surface area contributed by atoms with Gasteiger partial charge in [-0.3, -0.25) is 4.57 Å². The molecule has 0 saturated carbocycles. The minimum absolute atomic E-state index is 0.851. The zero-order valence-corrected chi connectivity index (χ0v) is 31.3. The molecule has 0 aliphatic carbocycles. The zero-order valence-electron chi connectivity index (χ0n) is 31.3. The number of furan rings is 2. The van der Waals surface area contributed by atoms with E-state index in [0.717, 1.165) is 83.4 Å². The quantitative estimate of drug-likeness (QED) is 0.170. The van der Waals surface area contributed by atoms with Gasteiger partial charge in [0.25, 0.3) is 0 Å². The van der Waals surface area contributed by atoms with Crippen LogP contribution in [0.2, 0.25) is 0 Å². The van der Waals surface area contributed by atoms with Crippen LogP contribution in [0.15, 0.2) is 215 Å². The summed E-state index contributed by atoms with van der Waals surface area (Å²) in [5.74, 6) is 0. The molecule has 0 bridgehead atoms. The Kier molecular flexibility index (Phi) is 7.20. The summed E-state index contributed by atoms with van der Waals surface area (Å²) in [6.45, 7) is 0. The second-order valence-electron chi connectivity index (χ2n) is 14.9. The molecule has 3 heterocycles. The maximum atomic E-state index is 6.91. The molecular formula is C54H34N2O2. The largest absolute Gasteiger partial charge is 0.454 e. The molecule has 3 aromatic heterocycles. The van der Waals surface area contributed by atoms with Crippen LogP contribution in [0.4, 0.5) is 17.1 Å². The summed E-state index contributed by atoms with van der Waals surface area (Å²) in [5.41, 5.74) is 13.2. The van der Waals surface area contributed by atoms with Crippen molar-refractivity contribution >= 4 is 82.7 Å². The van der Waals surface area contributed by atoms with E-state index in [1.165, 1.54) is 27.3 Å². The van der Waals surface area contributed by atoms with Gasteiger partial charge < -0.3 is 13.7 Å². The van der Waals surface area contributed by atoms with Gasteiger partial charge in [-0.05, 0) is 88.1 Å². The van der Waals surface area contributed by atoms with E-state index in [9.17, 15) is 0 Å². The highest BCUT2D eigenvalue weighted by Gasteiger charge is 2.23. The minimum Gasteiger partial charge on any atom is -0.454 e. The molecule has 12 aromatic rings. The number of benzene rings is 9. The van der Waals surface area contributed by atoms with Crippen LogP contribution in [0.25, 0.3) is 93.6 Å². The number of anilines is 3. The highest BCUT2D eigenvalue weighted by molar-refractivity contribution is 6.21. The topological polar surface area (TPSA) is 34.5 Å². The predicted octanol–water partition coefficient (Wildman–Crippen LogP) is 15.4. The number of rotatable bonds is 6. The minimum atomic E-state index is 0.851. The molecule has 0 unspecified atom stereocenters. The fourth-order valence-electron chi connectivity index (χ4n) is 8.87. The van der Waals surface area contributed by atoms with Crippen molar-refractivity contribution in [1.29, 1.82) is 0 Å². The van der Waals surface area contributed by atoms with Crippen LogP contribution in [0.5, 0.6) is 0 Å². The van der Waals surface area contributed by atoms with Crippen molar-refractivity contribution in [3.8, 4) is 27.9 Å². The molecule has 58 heavy (non-hydrogen) atoms. The van der Waals surface area contributed by atoms with E-state index in [2.05, 4.69) is 198 Å². The van der Waals surface area contributed by atoms with E-state index in [4.69, 9.17) is 8.83 Å². The number of aromatic nitrogens is 1. The van der Waals surface area contributed by atoms with Crippen LogP contribution in [-0.2, 0) is 0 Å². The normalized spacial score (nSPS) is 11.8. The molecule has 4 nitrogen and oxygen atoms in total. The van der Waals surface area contributed by atoms with E-state index in [-0.39, 0.29) is 0 Å². The third-order valence-corrected chi connectivity index (χ3v) is 11.6. The lowest BCUT2D eigenvalue weighted by Crippen LogP contribution is -2.10. The maximum Gasteiger partial charge on any atom is 0.213 e. The molecule has 0 aliphatic heterocycles. The van der Waals surface area contributed by atoms with Crippen LogP contribution < -0.4 is 4.90 Å². The Labute approximate surface area is 334 Å². The highest BCUT2D eigenvalue weighted by atomic mass is 16.3. The monoisotopic (exact) mass is 742 g/mol. The Bertz CT molecular complexity index is 3500. The molecule has 0 fully saturated rings. The predicted molar refractivity (Wildman–Crippen MR) is 241 cm³/mol. The molecule has 0 amide bonds. The van der Waals surface area contributed by atoms with Crippen LogP contribution >= 0.6 is 0 Å². The lowest BCUT2D eigenvalue weighted by molar-refractivity contribution is 0.646. The lowest BCUT2D eigenvalue weighted by atomic mass is 10.00. The van der Waals surface area contributed by atoms with Gasteiger partial charge in [0.1, 0.15) is 11.2 Å². The van der Waals surface area contributed by atoms with Gasteiger partial charge in [-0.15, -0.1) is 0 Å². The van der Waals surface area contributed by atoms with Crippen molar-refractivity contribution in [2.24, 2.45) is 0 Å². The molecule has 9 aromatic carbocycles. The van der Waals surface area contributed by atoms with Gasteiger partial charge in [-0.25, -0.2) is 0 Å². The first-order valence-corrected chi connectivity index (χ1v) is 19.7. The van der Waals surface area contributed by atoms with E-state index in [1.807, 2.05) is 18.2 Å². The van der Waals surface area contributed by atoms with Gasteiger partial charge in [0.2, 0.25) is 5.71 Å². The summed E-state index contributed by atoms with van der Waals surface area (Å²) < 4.78 is 15.8. The average molecular weight is 743 g/mol. The summed E-state index contributed by atoms with van der Waals surface area (Å²) in [5, 5.41) is 8.07. The molecule has 0 spiro atoms. The van der Waals surface area contributed by atoms with E-state index in [0.29, 0.717) is 0 Å². The average Bonchev–Trinajstić information content (AvgIpc) is 3.97. The molecule has 4 heteroatoms. The molecule has 0 N–H and O–H groups in total. The number of hydrogen-bond acceptors (Lipinski definition) is 3. The summed E-state index contributed by atoms with van der Waals surface area (Å²) in [7, 11) is 0. The summed E-state index contributed by atoms with van der Waals surface area (Å²) >= 11 is 0. The zero-order chi connectivity index (χ0) is 38.2. The standard InChI is InChI=1S/C54H34N2O2/c1-2-14-40(15-3-1)56-48-21-8-6-17-46(48)51-47-20-10-18-43(52(47)58-54(51)56)37-28-32-42(33-29-37)55(49-22-11-19-45-44-16-7-9-23-50(44)57-53(45)49)41-30-26-36(27-31-41)39-25-24-35-12-4-5-13-38(35)34-39/h1-34H. The van der Waals surface area contributed by atoms with Gasteiger partial charge in [-0.2, -0.15) is 0 Å². The van der Waals surface area contributed by atoms with Gasteiger partial charge in [0, 0.05) is 44.2 Å². The lowest BCUT2D eigenvalue weighted by Gasteiger charge is -2.26. The molecule has 0 saturated heterocycles.